The van der Waals surface area contributed by atoms with Crippen molar-refractivity contribution in [3.63, 3.8) is 0 Å². The molecule has 2 aromatic carbocycles. The van der Waals surface area contributed by atoms with E-state index in [0.29, 0.717) is 18.5 Å². The van der Waals surface area contributed by atoms with Crippen molar-refractivity contribution < 1.29 is 9.59 Å². The summed E-state index contributed by atoms with van der Waals surface area (Å²) in [5.74, 6) is 0.655. The van der Waals surface area contributed by atoms with Crippen molar-refractivity contribution >= 4 is 22.6 Å². The first-order valence-corrected chi connectivity index (χ1v) is 9.76. The maximum Gasteiger partial charge on any atom is 0.251 e. The van der Waals surface area contributed by atoms with Gasteiger partial charge >= 0.3 is 0 Å². The molecule has 1 saturated carbocycles. The van der Waals surface area contributed by atoms with Crippen molar-refractivity contribution in [1.82, 2.24) is 10.6 Å². The number of nitrogens with one attached hydrogen (secondary N) is 2. The summed E-state index contributed by atoms with van der Waals surface area (Å²) in [6.45, 7) is 1.11. The molecule has 0 radical (unpaired) electrons. The van der Waals surface area contributed by atoms with Crippen molar-refractivity contribution in [2.24, 2.45) is 5.92 Å². The van der Waals surface area contributed by atoms with Crippen LogP contribution < -0.4 is 10.6 Å². The zero-order valence-electron chi connectivity index (χ0n) is 15.3. The fourth-order valence-electron chi connectivity index (χ4n) is 3.70. The quantitative estimate of drug-likeness (QED) is 0.790. The Morgan fingerprint density at radius 1 is 0.885 bits per heavy atom. The van der Waals surface area contributed by atoms with Gasteiger partial charge in [0.1, 0.15) is 0 Å². The van der Waals surface area contributed by atoms with E-state index in [1.807, 2.05) is 42.5 Å². The van der Waals surface area contributed by atoms with Crippen LogP contribution in [-0.4, -0.2) is 24.9 Å². The molecule has 0 aliphatic heterocycles. The minimum absolute atomic E-state index is 0.0135. The number of amides is 2. The van der Waals surface area contributed by atoms with Gasteiger partial charge in [-0.1, -0.05) is 62.4 Å². The Bertz CT molecular complexity index is 751. The predicted octanol–water partition coefficient (Wildman–Crippen LogP) is 4.05. The molecular formula is C22H28N2O2. The third kappa shape index (κ3) is 5.32. The Balaban J connectivity index is 1.36. The first-order chi connectivity index (χ1) is 12.7. The Morgan fingerprint density at radius 2 is 1.65 bits per heavy atom. The molecule has 0 heterocycles. The average Bonchev–Trinajstić information content (AvgIpc) is 2.68. The molecule has 1 fully saturated rings. The number of fused-ring (bicyclic) bond motifs is 1. The number of rotatable bonds is 7. The van der Waals surface area contributed by atoms with E-state index in [-0.39, 0.29) is 11.8 Å². The van der Waals surface area contributed by atoms with E-state index in [1.165, 1.54) is 32.1 Å². The molecule has 2 aromatic rings. The maximum absolute atomic E-state index is 12.2. The lowest BCUT2D eigenvalue weighted by Crippen LogP contribution is -2.31. The number of carbonyl (C=O) groups is 2. The molecule has 3 rings (SSSR count). The lowest BCUT2D eigenvalue weighted by atomic mass is 9.87. The van der Waals surface area contributed by atoms with Crippen LogP contribution in [0.15, 0.2) is 42.5 Å². The van der Waals surface area contributed by atoms with Crippen LogP contribution in [0.4, 0.5) is 0 Å². The summed E-state index contributed by atoms with van der Waals surface area (Å²) < 4.78 is 0. The topological polar surface area (TPSA) is 58.2 Å². The second-order valence-electron chi connectivity index (χ2n) is 7.21. The predicted molar refractivity (Wildman–Crippen MR) is 105 cm³/mol. The number of carbonyl (C=O) groups excluding carboxylic acids is 2. The molecule has 0 spiro atoms. The summed E-state index contributed by atoms with van der Waals surface area (Å²) in [5.41, 5.74) is 0.626. The van der Waals surface area contributed by atoms with Gasteiger partial charge in [-0.2, -0.15) is 0 Å². The molecule has 4 nitrogen and oxygen atoms in total. The average molecular weight is 352 g/mol. The lowest BCUT2D eigenvalue weighted by molar-refractivity contribution is -0.121. The fourth-order valence-corrected chi connectivity index (χ4v) is 3.70. The fraction of sp³-hybridized carbons (Fsp3) is 0.455. The third-order valence-corrected chi connectivity index (χ3v) is 5.25. The molecular weight excluding hydrogens is 324 g/mol. The Labute approximate surface area is 155 Å². The van der Waals surface area contributed by atoms with Gasteiger partial charge in [0.15, 0.2) is 0 Å². The minimum atomic E-state index is -0.134. The van der Waals surface area contributed by atoms with E-state index in [1.54, 1.807) is 0 Å². The molecule has 2 N–H and O–H groups in total. The Hall–Kier alpha value is -2.36. The van der Waals surface area contributed by atoms with Crippen LogP contribution in [0, 0.1) is 5.92 Å². The second kappa shape index (κ2) is 9.37. The van der Waals surface area contributed by atoms with E-state index in [9.17, 15) is 9.59 Å². The van der Waals surface area contributed by atoms with Gasteiger partial charge in [0.2, 0.25) is 5.91 Å². The minimum Gasteiger partial charge on any atom is -0.356 e. The molecule has 2 amide bonds. The van der Waals surface area contributed by atoms with Crippen LogP contribution in [-0.2, 0) is 4.79 Å². The van der Waals surface area contributed by atoms with E-state index in [0.717, 1.165) is 29.7 Å². The first-order valence-electron chi connectivity index (χ1n) is 9.76. The van der Waals surface area contributed by atoms with Crippen molar-refractivity contribution in [1.29, 1.82) is 0 Å². The largest absolute Gasteiger partial charge is 0.356 e. The van der Waals surface area contributed by atoms with Crippen LogP contribution in [0.1, 0.15) is 55.3 Å². The van der Waals surface area contributed by atoms with Gasteiger partial charge in [0.25, 0.3) is 5.91 Å². The third-order valence-electron chi connectivity index (χ3n) is 5.25. The van der Waals surface area contributed by atoms with Crippen molar-refractivity contribution in [3.8, 4) is 0 Å². The summed E-state index contributed by atoms with van der Waals surface area (Å²) in [7, 11) is 0. The highest BCUT2D eigenvalue weighted by Crippen LogP contribution is 2.25. The standard InChI is InChI=1S/C22H28N2O2/c25-21(23-14-12-17-6-2-1-3-7-17)13-15-24-22(26)20-11-10-18-8-4-5-9-19(18)16-20/h4-5,8-11,16-17H,1-3,6-7,12-15H2,(H,23,25)(H,24,26). The summed E-state index contributed by atoms with van der Waals surface area (Å²) in [5, 5.41) is 7.97. The van der Waals surface area contributed by atoms with E-state index >= 15 is 0 Å². The maximum atomic E-state index is 12.2. The Kier molecular flexibility index (Phi) is 6.64. The van der Waals surface area contributed by atoms with E-state index < -0.39 is 0 Å². The van der Waals surface area contributed by atoms with Crippen LogP contribution in [0.2, 0.25) is 0 Å². The van der Waals surface area contributed by atoms with Gasteiger partial charge in [-0.05, 0) is 35.2 Å². The molecule has 0 aromatic heterocycles. The van der Waals surface area contributed by atoms with Crippen molar-refractivity contribution in [2.75, 3.05) is 13.1 Å². The van der Waals surface area contributed by atoms with Crippen LogP contribution >= 0.6 is 0 Å². The highest BCUT2D eigenvalue weighted by Gasteiger charge is 2.13. The normalized spacial score (nSPS) is 14.9. The van der Waals surface area contributed by atoms with Crippen molar-refractivity contribution in [2.45, 2.75) is 44.9 Å². The Morgan fingerprint density at radius 3 is 2.46 bits per heavy atom. The first kappa shape index (κ1) is 18.4. The lowest BCUT2D eigenvalue weighted by Gasteiger charge is -2.21. The monoisotopic (exact) mass is 352 g/mol. The molecule has 0 unspecified atom stereocenters. The van der Waals surface area contributed by atoms with Gasteiger partial charge in [-0.15, -0.1) is 0 Å². The highest BCUT2D eigenvalue weighted by atomic mass is 16.2. The number of hydrogen-bond donors (Lipinski definition) is 2. The molecule has 0 saturated heterocycles. The van der Waals surface area contributed by atoms with Gasteiger partial charge in [-0.3, -0.25) is 9.59 Å². The summed E-state index contributed by atoms with van der Waals surface area (Å²) in [6.07, 6.45) is 8.03. The van der Waals surface area contributed by atoms with Gasteiger partial charge in [-0.25, -0.2) is 0 Å². The summed E-state index contributed by atoms with van der Waals surface area (Å²) in [6, 6.07) is 13.6. The zero-order valence-corrected chi connectivity index (χ0v) is 15.3. The van der Waals surface area contributed by atoms with Gasteiger partial charge in [0.05, 0.1) is 0 Å². The summed E-state index contributed by atoms with van der Waals surface area (Å²) >= 11 is 0. The molecule has 4 heteroatoms. The molecule has 0 atom stereocenters. The number of benzene rings is 2. The molecule has 0 bridgehead atoms. The smallest absolute Gasteiger partial charge is 0.251 e. The van der Waals surface area contributed by atoms with Gasteiger partial charge in [0, 0.05) is 25.1 Å². The zero-order chi connectivity index (χ0) is 18.2. The van der Waals surface area contributed by atoms with Gasteiger partial charge < -0.3 is 10.6 Å². The molecule has 1 aliphatic carbocycles. The van der Waals surface area contributed by atoms with E-state index in [4.69, 9.17) is 0 Å². The number of hydrogen-bond acceptors (Lipinski definition) is 2. The summed E-state index contributed by atoms with van der Waals surface area (Å²) in [4.78, 5) is 24.2. The van der Waals surface area contributed by atoms with E-state index in [2.05, 4.69) is 10.6 Å². The van der Waals surface area contributed by atoms with Crippen LogP contribution in [0.3, 0.4) is 0 Å². The van der Waals surface area contributed by atoms with Crippen molar-refractivity contribution in [3.05, 3.63) is 48.0 Å². The SMILES string of the molecule is O=C(CCNC(=O)c1ccc2ccccc2c1)NCCC1CCCCC1. The second-order valence-corrected chi connectivity index (χ2v) is 7.21. The molecule has 138 valence electrons. The molecule has 26 heavy (non-hydrogen) atoms. The van der Waals surface area contributed by atoms with Crippen LogP contribution in [0.25, 0.3) is 10.8 Å². The highest BCUT2D eigenvalue weighted by molar-refractivity contribution is 5.98. The van der Waals surface area contributed by atoms with Crippen LogP contribution in [0.5, 0.6) is 0 Å². The molecule has 1 aliphatic rings.